The van der Waals surface area contributed by atoms with Gasteiger partial charge in [0.1, 0.15) is 12.4 Å². The minimum Gasteiger partial charge on any atom is -0.479 e. The van der Waals surface area contributed by atoms with Gasteiger partial charge < -0.3 is 4.74 Å². The van der Waals surface area contributed by atoms with Crippen molar-refractivity contribution in [1.29, 1.82) is 0 Å². The Morgan fingerprint density at radius 3 is 2.93 bits per heavy atom. The van der Waals surface area contributed by atoms with Gasteiger partial charge in [0, 0.05) is 11.8 Å². The van der Waals surface area contributed by atoms with Gasteiger partial charge in [-0.15, -0.1) is 0 Å². The number of allylic oxidation sites excluding steroid dienone is 3. The van der Waals surface area contributed by atoms with Gasteiger partial charge in [-0.25, -0.2) is 4.39 Å². The maximum Gasteiger partial charge on any atom is 0.187 e. The predicted octanol–water partition coefficient (Wildman–Crippen LogP) is 3.14. The number of aliphatic imine (C=N–C) groups is 1. The minimum atomic E-state index is -0.0910. The number of ether oxygens (including phenoxy) is 1. The standard InChI is InChI=1S/C11H13BrFNO/c12-7-9-2-1-8(5-10(9)13)6-11-14-3-4-15-11/h5H,1-4,6-7H2. The van der Waals surface area contributed by atoms with Gasteiger partial charge in [0.2, 0.25) is 0 Å². The van der Waals surface area contributed by atoms with Gasteiger partial charge in [0.05, 0.1) is 6.54 Å². The topological polar surface area (TPSA) is 21.6 Å². The number of rotatable bonds is 3. The van der Waals surface area contributed by atoms with E-state index in [1.807, 2.05) is 0 Å². The summed E-state index contributed by atoms with van der Waals surface area (Å²) >= 11 is 3.28. The summed E-state index contributed by atoms with van der Waals surface area (Å²) in [6.07, 6.45) is 4.01. The molecule has 0 amide bonds. The lowest BCUT2D eigenvalue weighted by molar-refractivity contribution is 0.340. The molecule has 0 N–H and O–H groups in total. The van der Waals surface area contributed by atoms with E-state index in [1.165, 1.54) is 0 Å². The highest BCUT2D eigenvalue weighted by molar-refractivity contribution is 9.09. The van der Waals surface area contributed by atoms with Crippen molar-refractivity contribution in [2.75, 3.05) is 18.5 Å². The van der Waals surface area contributed by atoms with Crippen molar-refractivity contribution in [3.05, 3.63) is 23.0 Å². The van der Waals surface area contributed by atoms with E-state index in [9.17, 15) is 4.39 Å². The van der Waals surface area contributed by atoms with E-state index in [2.05, 4.69) is 20.9 Å². The molecule has 0 spiro atoms. The Morgan fingerprint density at radius 2 is 2.33 bits per heavy atom. The first-order valence-electron chi connectivity index (χ1n) is 5.08. The van der Waals surface area contributed by atoms with E-state index in [4.69, 9.17) is 4.74 Å². The highest BCUT2D eigenvalue weighted by Gasteiger charge is 2.16. The fourth-order valence-electron chi connectivity index (χ4n) is 1.73. The third-order valence-electron chi connectivity index (χ3n) is 2.60. The molecule has 0 saturated heterocycles. The van der Waals surface area contributed by atoms with Crippen molar-refractivity contribution < 1.29 is 9.13 Å². The largest absolute Gasteiger partial charge is 0.479 e. The molecule has 1 aliphatic carbocycles. The molecule has 4 heteroatoms. The highest BCUT2D eigenvalue weighted by Crippen LogP contribution is 2.28. The van der Waals surface area contributed by atoms with Gasteiger partial charge in [-0.1, -0.05) is 21.5 Å². The van der Waals surface area contributed by atoms with Gasteiger partial charge in [0.25, 0.3) is 0 Å². The molecule has 0 atom stereocenters. The SMILES string of the molecule is FC1=C(CBr)CCC(CC2=NCCO2)=C1. The average Bonchev–Trinajstić information content (AvgIpc) is 2.71. The lowest BCUT2D eigenvalue weighted by atomic mass is 9.96. The van der Waals surface area contributed by atoms with Crippen molar-refractivity contribution in [3.63, 3.8) is 0 Å². The van der Waals surface area contributed by atoms with E-state index in [1.54, 1.807) is 6.08 Å². The summed E-state index contributed by atoms with van der Waals surface area (Å²) in [4.78, 5) is 4.20. The summed E-state index contributed by atoms with van der Waals surface area (Å²) in [5.41, 5.74) is 1.94. The summed E-state index contributed by atoms with van der Waals surface area (Å²) in [5, 5.41) is 0.625. The second-order valence-electron chi connectivity index (χ2n) is 3.69. The number of hydrogen-bond donors (Lipinski definition) is 0. The van der Waals surface area contributed by atoms with Crippen molar-refractivity contribution in [1.82, 2.24) is 0 Å². The Bertz CT molecular complexity index is 346. The molecule has 0 bridgehead atoms. The molecule has 0 aromatic heterocycles. The van der Waals surface area contributed by atoms with E-state index in [-0.39, 0.29) is 5.83 Å². The van der Waals surface area contributed by atoms with Gasteiger partial charge in [-0.3, -0.25) is 4.99 Å². The van der Waals surface area contributed by atoms with Crippen LogP contribution in [-0.4, -0.2) is 24.4 Å². The second-order valence-corrected chi connectivity index (χ2v) is 4.25. The molecule has 1 aliphatic heterocycles. The van der Waals surface area contributed by atoms with Gasteiger partial charge in [0.15, 0.2) is 5.90 Å². The Kier molecular flexibility index (Phi) is 3.57. The zero-order valence-corrected chi connectivity index (χ0v) is 10.0. The highest BCUT2D eigenvalue weighted by atomic mass is 79.9. The second kappa shape index (κ2) is 4.92. The van der Waals surface area contributed by atoms with E-state index >= 15 is 0 Å². The monoisotopic (exact) mass is 273 g/mol. The Morgan fingerprint density at radius 1 is 1.47 bits per heavy atom. The summed E-state index contributed by atoms with van der Waals surface area (Å²) in [5.74, 6) is 0.670. The quantitative estimate of drug-likeness (QED) is 0.724. The predicted molar refractivity (Wildman–Crippen MR) is 62.1 cm³/mol. The molecule has 15 heavy (non-hydrogen) atoms. The molecule has 0 radical (unpaired) electrons. The van der Waals surface area contributed by atoms with Crippen LogP contribution in [0.1, 0.15) is 19.3 Å². The summed E-state index contributed by atoms with van der Waals surface area (Å²) < 4.78 is 18.8. The summed E-state index contributed by atoms with van der Waals surface area (Å²) in [6, 6.07) is 0. The number of nitrogens with zero attached hydrogens (tertiary/aromatic N) is 1. The third-order valence-corrected chi connectivity index (χ3v) is 3.28. The number of halogens is 2. The first-order chi connectivity index (χ1) is 7.29. The van der Waals surface area contributed by atoms with Crippen molar-refractivity contribution >= 4 is 21.8 Å². The van der Waals surface area contributed by atoms with Crippen LogP contribution in [0.25, 0.3) is 0 Å². The van der Waals surface area contributed by atoms with E-state index < -0.39 is 0 Å². The maximum absolute atomic E-state index is 13.5. The van der Waals surface area contributed by atoms with Crippen LogP contribution in [0.4, 0.5) is 4.39 Å². The number of alkyl halides is 1. The zero-order chi connectivity index (χ0) is 10.7. The zero-order valence-electron chi connectivity index (χ0n) is 8.43. The average molecular weight is 274 g/mol. The summed E-state index contributed by atoms with van der Waals surface area (Å²) in [6.45, 7) is 1.42. The first-order valence-corrected chi connectivity index (χ1v) is 6.21. The molecule has 0 aromatic carbocycles. The molecule has 1 heterocycles. The van der Waals surface area contributed by atoms with Gasteiger partial charge in [-0.05, 0) is 24.5 Å². The Labute approximate surface area is 97.0 Å². The lowest BCUT2D eigenvalue weighted by Crippen LogP contribution is -2.04. The smallest absolute Gasteiger partial charge is 0.187 e. The normalized spacial score (nSPS) is 21.2. The van der Waals surface area contributed by atoms with Crippen LogP contribution in [0.3, 0.4) is 0 Å². The van der Waals surface area contributed by atoms with Crippen molar-refractivity contribution in [2.24, 2.45) is 4.99 Å². The maximum atomic E-state index is 13.5. The van der Waals surface area contributed by atoms with Gasteiger partial charge in [-0.2, -0.15) is 0 Å². The van der Waals surface area contributed by atoms with Crippen LogP contribution in [-0.2, 0) is 4.74 Å². The Hall–Kier alpha value is -0.640. The Balaban J connectivity index is 2.02. The lowest BCUT2D eigenvalue weighted by Gasteiger charge is -2.14. The van der Waals surface area contributed by atoms with Crippen LogP contribution in [0, 0.1) is 0 Å². The van der Waals surface area contributed by atoms with Crippen molar-refractivity contribution in [3.8, 4) is 0 Å². The third kappa shape index (κ3) is 2.68. The van der Waals surface area contributed by atoms with Crippen LogP contribution in [0.2, 0.25) is 0 Å². The molecule has 82 valence electrons. The number of hydrogen-bond acceptors (Lipinski definition) is 2. The fraction of sp³-hybridized carbons (Fsp3) is 0.545. The summed E-state index contributed by atoms with van der Waals surface area (Å²) in [7, 11) is 0. The molecular formula is C11H13BrFNO. The molecule has 2 nitrogen and oxygen atoms in total. The molecule has 2 aliphatic rings. The molecule has 0 saturated carbocycles. The molecule has 2 rings (SSSR count). The molecular weight excluding hydrogens is 261 g/mol. The minimum absolute atomic E-state index is 0.0910. The van der Waals surface area contributed by atoms with E-state index in [0.29, 0.717) is 18.4 Å². The molecule has 0 aromatic rings. The first kappa shape index (κ1) is 10.9. The van der Waals surface area contributed by atoms with Crippen LogP contribution in [0.5, 0.6) is 0 Å². The van der Waals surface area contributed by atoms with Crippen LogP contribution >= 0.6 is 15.9 Å². The van der Waals surface area contributed by atoms with Crippen molar-refractivity contribution in [2.45, 2.75) is 19.3 Å². The molecule has 0 fully saturated rings. The van der Waals surface area contributed by atoms with E-state index in [0.717, 1.165) is 36.4 Å². The molecule has 0 unspecified atom stereocenters. The van der Waals surface area contributed by atoms with Gasteiger partial charge >= 0.3 is 0 Å². The van der Waals surface area contributed by atoms with Crippen LogP contribution < -0.4 is 0 Å². The fourth-order valence-corrected chi connectivity index (χ4v) is 2.28. The van der Waals surface area contributed by atoms with Crippen LogP contribution in [0.15, 0.2) is 28.0 Å².